The van der Waals surface area contributed by atoms with Crippen LogP contribution in [0.15, 0.2) is 60.7 Å². The van der Waals surface area contributed by atoms with E-state index in [4.69, 9.17) is 15.3 Å². The van der Waals surface area contributed by atoms with Crippen LogP contribution >= 0.6 is 0 Å². The summed E-state index contributed by atoms with van der Waals surface area (Å²) in [5.41, 5.74) is 2.86. The Morgan fingerprint density at radius 2 is 1.58 bits per heavy atom. The second-order valence-corrected chi connectivity index (χ2v) is 7.43. The average molecular weight is 435 g/mol. The number of nitrogens with zero attached hydrogens (tertiary/aromatic N) is 4. The molecule has 1 heterocycles. The van der Waals surface area contributed by atoms with Crippen LogP contribution in [0.2, 0.25) is 0 Å². The summed E-state index contributed by atoms with van der Waals surface area (Å²) in [4.78, 5) is 9.26. The van der Waals surface area contributed by atoms with Gasteiger partial charge in [0.25, 0.3) is 0 Å². The Hall–Kier alpha value is -4.62. The van der Waals surface area contributed by atoms with Gasteiger partial charge in [0.1, 0.15) is 11.6 Å². The van der Waals surface area contributed by atoms with Crippen molar-refractivity contribution in [3.05, 3.63) is 77.4 Å². The molecule has 0 atom stereocenters. The molecule has 0 fully saturated rings. The fourth-order valence-corrected chi connectivity index (χ4v) is 3.51. The van der Waals surface area contributed by atoms with Crippen LogP contribution in [-0.4, -0.2) is 17.0 Å². The molecule has 3 aromatic carbocycles. The summed E-state index contributed by atoms with van der Waals surface area (Å²) in [6.45, 7) is 2.09. The fraction of sp³-hybridized carbons (Fsp3) is 0.154. The van der Waals surface area contributed by atoms with Crippen molar-refractivity contribution in [2.24, 2.45) is 0 Å². The molecule has 4 aromatic rings. The molecule has 0 unspecified atom stereocenters. The number of anilines is 3. The van der Waals surface area contributed by atoms with E-state index in [0.29, 0.717) is 34.5 Å². The van der Waals surface area contributed by atoms with E-state index in [1.54, 1.807) is 30.3 Å². The van der Waals surface area contributed by atoms with Crippen LogP contribution in [0, 0.1) is 22.7 Å². The Morgan fingerprint density at radius 1 is 0.879 bits per heavy atom. The summed E-state index contributed by atoms with van der Waals surface area (Å²) >= 11 is 0. The van der Waals surface area contributed by atoms with Crippen LogP contribution in [0.3, 0.4) is 0 Å². The van der Waals surface area contributed by atoms with Crippen molar-refractivity contribution in [1.29, 1.82) is 10.5 Å². The van der Waals surface area contributed by atoms with Gasteiger partial charge < -0.3 is 15.4 Å². The molecule has 162 valence electrons. The second-order valence-electron chi connectivity index (χ2n) is 7.43. The molecule has 0 aliphatic carbocycles. The molecule has 0 bridgehead atoms. The third-order valence-electron chi connectivity index (χ3n) is 5.13. The highest BCUT2D eigenvalue weighted by Gasteiger charge is 2.16. The first-order chi connectivity index (χ1) is 16.1. The fourth-order valence-electron chi connectivity index (χ4n) is 3.51. The number of nitriles is 2. The van der Waals surface area contributed by atoms with Crippen LogP contribution in [0.4, 0.5) is 17.5 Å². The van der Waals surface area contributed by atoms with Gasteiger partial charge in [-0.2, -0.15) is 20.5 Å². The van der Waals surface area contributed by atoms with E-state index in [1.807, 2.05) is 37.4 Å². The van der Waals surface area contributed by atoms with Crippen LogP contribution in [-0.2, 0) is 6.42 Å². The largest absolute Gasteiger partial charge is 0.438 e. The smallest absolute Gasteiger partial charge is 0.232 e. The Labute approximate surface area is 192 Å². The second kappa shape index (κ2) is 9.67. The van der Waals surface area contributed by atoms with Crippen molar-refractivity contribution in [1.82, 2.24) is 9.97 Å². The zero-order valence-corrected chi connectivity index (χ0v) is 18.4. The predicted molar refractivity (Wildman–Crippen MR) is 129 cm³/mol. The topological polar surface area (TPSA) is 107 Å². The molecule has 0 aliphatic heterocycles. The Kier molecular flexibility index (Phi) is 6.33. The van der Waals surface area contributed by atoms with E-state index < -0.39 is 0 Å². The van der Waals surface area contributed by atoms with Crippen molar-refractivity contribution in [2.45, 2.75) is 19.8 Å². The monoisotopic (exact) mass is 434 g/mol. The van der Waals surface area contributed by atoms with Gasteiger partial charge in [-0.05, 0) is 65.7 Å². The minimum Gasteiger partial charge on any atom is -0.438 e. The van der Waals surface area contributed by atoms with Gasteiger partial charge in [0, 0.05) is 12.7 Å². The molecule has 7 heteroatoms. The highest BCUT2D eigenvalue weighted by atomic mass is 16.5. The lowest BCUT2D eigenvalue weighted by molar-refractivity contribution is 0.456. The van der Waals surface area contributed by atoms with Gasteiger partial charge in [0.05, 0.1) is 28.8 Å². The number of nitrogens with one attached hydrogen (secondary N) is 2. The molecule has 0 saturated heterocycles. The molecule has 1 aromatic heterocycles. The maximum Gasteiger partial charge on any atom is 0.232 e. The van der Waals surface area contributed by atoms with Crippen molar-refractivity contribution < 1.29 is 4.74 Å². The highest BCUT2D eigenvalue weighted by molar-refractivity contribution is 5.85. The molecule has 33 heavy (non-hydrogen) atoms. The standard InChI is InChI=1S/C26H22N6O/c1-3-4-23-24(29-2)31-26(30-21-10-6-17(15-27)7-11-21)32-25(23)33-22-12-9-19-13-18(16-28)5-8-20(19)14-22/h5-14H,3-4H2,1-2H3,(H2,29,30,31,32). The quantitative estimate of drug-likeness (QED) is 0.373. The third-order valence-corrected chi connectivity index (χ3v) is 5.13. The number of rotatable bonds is 7. The van der Waals surface area contributed by atoms with E-state index in [9.17, 15) is 0 Å². The van der Waals surface area contributed by atoms with E-state index in [1.165, 1.54) is 0 Å². The normalized spacial score (nSPS) is 10.3. The van der Waals surface area contributed by atoms with Crippen molar-refractivity contribution >= 4 is 28.2 Å². The van der Waals surface area contributed by atoms with E-state index in [0.717, 1.165) is 34.9 Å². The van der Waals surface area contributed by atoms with E-state index in [2.05, 4.69) is 39.7 Å². The Balaban J connectivity index is 1.70. The lowest BCUT2D eigenvalue weighted by Gasteiger charge is -2.16. The van der Waals surface area contributed by atoms with Crippen LogP contribution < -0.4 is 15.4 Å². The van der Waals surface area contributed by atoms with Crippen molar-refractivity contribution in [3.8, 4) is 23.8 Å². The van der Waals surface area contributed by atoms with Gasteiger partial charge in [-0.15, -0.1) is 0 Å². The molecule has 0 aliphatic rings. The maximum atomic E-state index is 9.12. The van der Waals surface area contributed by atoms with Gasteiger partial charge in [-0.25, -0.2) is 0 Å². The van der Waals surface area contributed by atoms with Gasteiger partial charge >= 0.3 is 0 Å². The van der Waals surface area contributed by atoms with Gasteiger partial charge in [-0.1, -0.05) is 25.5 Å². The first-order valence-electron chi connectivity index (χ1n) is 10.6. The molecule has 2 N–H and O–H groups in total. The molecule has 4 rings (SSSR count). The molecule has 0 spiro atoms. The predicted octanol–water partition coefficient (Wildman–Crippen LogP) is 5.90. The van der Waals surface area contributed by atoms with Crippen LogP contribution in [0.25, 0.3) is 10.8 Å². The highest BCUT2D eigenvalue weighted by Crippen LogP contribution is 2.32. The van der Waals surface area contributed by atoms with Crippen molar-refractivity contribution in [3.63, 3.8) is 0 Å². The summed E-state index contributed by atoms with van der Waals surface area (Å²) in [6.07, 6.45) is 1.66. The summed E-state index contributed by atoms with van der Waals surface area (Å²) in [5.74, 6) is 2.20. The van der Waals surface area contributed by atoms with E-state index >= 15 is 0 Å². The van der Waals surface area contributed by atoms with Gasteiger partial charge in [0.15, 0.2) is 0 Å². The molecular weight excluding hydrogens is 412 g/mol. The maximum absolute atomic E-state index is 9.12. The van der Waals surface area contributed by atoms with Crippen molar-refractivity contribution in [2.75, 3.05) is 17.7 Å². The van der Waals surface area contributed by atoms with Gasteiger partial charge in [-0.3, -0.25) is 0 Å². The van der Waals surface area contributed by atoms with Gasteiger partial charge in [0.2, 0.25) is 11.8 Å². The lowest BCUT2D eigenvalue weighted by Crippen LogP contribution is -2.07. The number of benzene rings is 3. The summed E-state index contributed by atoms with van der Waals surface area (Å²) in [7, 11) is 1.82. The summed E-state index contributed by atoms with van der Waals surface area (Å²) in [5, 5.41) is 26.4. The number of aromatic nitrogens is 2. The number of hydrogen-bond donors (Lipinski definition) is 2. The third kappa shape index (κ3) is 4.84. The Morgan fingerprint density at radius 3 is 2.27 bits per heavy atom. The summed E-state index contributed by atoms with van der Waals surface area (Å²) < 4.78 is 6.24. The zero-order valence-electron chi connectivity index (χ0n) is 18.4. The minimum atomic E-state index is 0.387. The number of hydrogen-bond acceptors (Lipinski definition) is 7. The lowest BCUT2D eigenvalue weighted by atomic mass is 10.1. The summed E-state index contributed by atoms with van der Waals surface area (Å²) in [6, 6.07) is 22.6. The van der Waals surface area contributed by atoms with Crippen LogP contribution in [0.1, 0.15) is 30.0 Å². The first kappa shape index (κ1) is 21.6. The number of fused-ring (bicyclic) bond motifs is 1. The molecular formula is C26H22N6O. The molecule has 0 saturated carbocycles. The molecule has 7 nitrogen and oxygen atoms in total. The first-order valence-corrected chi connectivity index (χ1v) is 10.6. The minimum absolute atomic E-state index is 0.387. The number of ether oxygens (including phenoxy) is 1. The molecule has 0 radical (unpaired) electrons. The average Bonchev–Trinajstić information content (AvgIpc) is 2.85. The Bertz CT molecular complexity index is 1380. The van der Waals surface area contributed by atoms with Crippen LogP contribution in [0.5, 0.6) is 11.6 Å². The van der Waals surface area contributed by atoms with E-state index in [-0.39, 0.29) is 0 Å². The zero-order chi connectivity index (χ0) is 23.2. The SMILES string of the molecule is CCCc1c(NC)nc(Nc2ccc(C#N)cc2)nc1Oc1ccc2cc(C#N)ccc2c1. The molecule has 0 amide bonds.